The van der Waals surface area contributed by atoms with Gasteiger partial charge in [-0.2, -0.15) is 5.10 Å². The van der Waals surface area contributed by atoms with Gasteiger partial charge in [0.25, 0.3) is 0 Å². The lowest BCUT2D eigenvalue weighted by Crippen LogP contribution is -2.24. The summed E-state index contributed by atoms with van der Waals surface area (Å²) in [5.41, 5.74) is 5.08. The van der Waals surface area contributed by atoms with Crippen molar-refractivity contribution in [2.45, 2.75) is 97.3 Å². The number of amides is 2. The first kappa shape index (κ1) is 24.1. The van der Waals surface area contributed by atoms with Crippen LogP contribution in [0.4, 0.5) is 5.69 Å². The van der Waals surface area contributed by atoms with E-state index in [1.54, 1.807) is 0 Å². The van der Waals surface area contributed by atoms with Gasteiger partial charge < -0.3 is 5.32 Å². The minimum Gasteiger partial charge on any atom is -0.326 e. The molecule has 0 bridgehead atoms. The van der Waals surface area contributed by atoms with E-state index >= 15 is 0 Å². The van der Waals surface area contributed by atoms with E-state index < -0.39 is 0 Å². The van der Waals surface area contributed by atoms with Gasteiger partial charge >= 0.3 is 0 Å². The smallest absolute Gasteiger partial charge is 0.240 e. The summed E-state index contributed by atoms with van der Waals surface area (Å²) in [4.78, 5) is 24.5. The van der Waals surface area contributed by atoms with E-state index in [0.29, 0.717) is 6.42 Å². The predicted molar refractivity (Wildman–Crippen MR) is 125 cm³/mol. The van der Waals surface area contributed by atoms with Gasteiger partial charge in [-0.3, -0.25) is 9.59 Å². The van der Waals surface area contributed by atoms with Gasteiger partial charge in [-0.1, -0.05) is 76.8 Å². The Labute approximate surface area is 182 Å². The predicted octanol–water partition coefficient (Wildman–Crippen LogP) is 6.19. The quantitative estimate of drug-likeness (QED) is 0.244. The van der Waals surface area contributed by atoms with Gasteiger partial charge in [0, 0.05) is 18.0 Å². The molecule has 1 saturated carbocycles. The number of carbonyl (C=O) groups is 2. The third kappa shape index (κ3) is 9.10. The number of carbonyl (C=O) groups excluding carboxylic acids is 2. The Balaban J connectivity index is 1.75. The van der Waals surface area contributed by atoms with Crippen molar-refractivity contribution in [2.24, 2.45) is 11.0 Å². The fourth-order valence-electron chi connectivity index (χ4n) is 3.94. The van der Waals surface area contributed by atoms with Crippen molar-refractivity contribution in [3.05, 3.63) is 29.8 Å². The molecule has 0 spiro atoms. The van der Waals surface area contributed by atoms with Crippen molar-refractivity contribution < 1.29 is 9.59 Å². The number of rotatable bonds is 12. The monoisotopic (exact) mass is 413 g/mol. The van der Waals surface area contributed by atoms with E-state index in [1.807, 2.05) is 31.2 Å². The van der Waals surface area contributed by atoms with Crippen molar-refractivity contribution in [3.63, 3.8) is 0 Å². The molecule has 1 aliphatic carbocycles. The molecule has 1 aromatic rings. The van der Waals surface area contributed by atoms with Crippen LogP contribution in [0.3, 0.4) is 0 Å². The van der Waals surface area contributed by atoms with Gasteiger partial charge in [0.2, 0.25) is 11.8 Å². The summed E-state index contributed by atoms with van der Waals surface area (Å²) in [5, 5.41) is 7.29. The van der Waals surface area contributed by atoms with Crippen LogP contribution in [0.25, 0.3) is 0 Å². The lowest BCUT2D eigenvalue weighted by atomic mass is 9.88. The Morgan fingerprint density at radius 1 is 1.00 bits per heavy atom. The van der Waals surface area contributed by atoms with Crippen molar-refractivity contribution >= 4 is 23.2 Å². The summed E-state index contributed by atoms with van der Waals surface area (Å²) >= 11 is 0. The Morgan fingerprint density at radius 3 is 2.43 bits per heavy atom. The van der Waals surface area contributed by atoms with Crippen molar-refractivity contribution in [2.75, 3.05) is 5.32 Å². The minimum atomic E-state index is -0.0373. The van der Waals surface area contributed by atoms with Crippen molar-refractivity contribution in [1.29, 1.82) is 0 Å². The van der Waals surface area contributed by atoms with Gasteiger partial charge in [0.05, 0.1) is 5.71 Å². The van der Waals surface area contributed by atoms with Crippen LogP contribution >= 0.6 is 0 Å². The molecule has 0 aromatic heterocycles. The van der Waals surface area contributed by atoms with E-state index in [4.69, 9.17) is 0 Å². The van der Waals surface area contributed by atoms with Crippen LogP contribution in [0.15, 0.2) is 29.4 Å². The molecule has 1 fully saturated rings. The summed E-state index contributed by atoms with van der Waals surface area (Å²) in [6.45, 7) is 4.09. The number of hydrazone groups is 1. The average molecular weight is 414 g/mol. The molecule has 0 aliphatic heterocycles. The third-order valence-corrected chi connectivity index (χ3v) is 5.88. The minimum absolute atomic E-state index is 0.0373. The zero-order valence-corrected chi connectivity index (χ0v) is 18.8. The normalized spacial score (nSPS) is 15.1. The van der Waals surface area contributed by atoms with Crippen LogP contribution in [0, 0.1) is 5.92 Å². The first-order valence-electron chi connectivity index (χ1n) is 11.8. The second kappa shape index (κ2) is 13.9. The fourth-order valence-corrected chi connectivity index (χ4v) is 3.94. The molecule has 1 aromatic carbocycles. The molecule has 2 N–H and O–H groups in total. The Hall–Kier alpha value is -2.17. The molecule has 2 amide bonds. The molecule has 5 nitrogen and oxygen atoms in total. The number of nitrogens with zero attached hydrogens (tertiary/aromatic N) is 1. The van der Waals surface area contributed by atoms with Crippen LogP contribution in [-0.2, 0) is 9.59 Å². The summed E-state index contributed by atoms with van der Waals surface area (Å²) in [6.07, 6.45) is 14.3. The molecule has 1 aliphatic rings. The van der Waals surface area contributed by atoms with E-state index in [-0.39, 0.29) is 17.7 Å². The lowest BCUT2D eigenvalue weighted by molar-refractivity contribution is -0.121. The van der Waals surface area contributed by atoms with Crippen LogP contribution in [0.5, 0.6) is 0 Å². The topological polar surface area (TPSA) is 70.6 Å². The highest BCUT2D eigenvalue weighted by molar-refractivity contribution is 6.01. The van der Waals surface area contributed by atoms with E-state index in [1.165, 1.54) is 38.5 Å². The highest BCUT2D eigenvalue weighted by atomic mass is 16.2. The molecule has 0 atom stereocenters. The maximum absolute atomic E-state index is 12.5. The fraction of sp³-hybridized carbons (Fsp3) is 0.640. The summed E-state index contributed by atoms with van der Waals surface area (Å²) < 4.78 is 0. The molecule has 5 heteroatoms. The molecule has 2 rings (SSSR count). The highest BCUT2D eigenvalue weighted by Crippen LogP contribution is 2.25. The number of benzene rings is 1. The summed E-state index contributed by atoms with van der Waals surface area (Å²) in [7, 11) is 0. The van der Waals surface area contributed by atoms with E-state index in [0.717, 1.165) is 55.5 Å². The maximum Gasteiger partial charge on any atom is 0.240 e. The standard InChI is InChI=1S/C25H39N3O2/c1-3-4-5-6-7-8-12-18-24(29)28-27-20(2)22-16-13-17-23(19-22)26-25(30)21-14-10-9-11-15-21/h13,16-17,19,21H,3-12,14-15,18H2,1-2H3,(H,26,30)(H,28,29)/b27-20-. The number of unbranched alkanes of at least 4 members (excludes halogenated alkanes) is 6. The van der Waals surface area contributed by atoms with Crippen LogP contribution in [0.1, 0.15) is 103 Å². The second-order valence-corrected chi connectivity index (χ2v) is 8.51. The van der Waals surface area contributed by atoms with Crippen LogP contribution < -0.4 is 10.7 Å². The van der Waals surface area contributed by atoms with Gasteiger partial charge in [0.15, 0.2) is 0 Å². The molecule has 0 unspecified atom stereocenters. The lowest BCUT2D eigenvalue weighted by Gasteiger charge is -2.20. The SMILES string of the molecule is CCCCCCCCCC(=O)N/N=C(/C)c1cccc(NC(=O)C2CCCCC2)c1. The average Bonchev–Trinajstić information content (AvgIpc) is 2.77. The first-order valence-corrected chi connectivity index (χ1v) is 11.8. The van der Waals surface area contributed by atoms with Crippen molar-refractivity contribution in [3.8, 4) is 0 Å². The molecule has 0 saturated heterocycles. The number of hydrogen-bond acceptors (Lipinski definition) is 3. The maximum atomic E-state index is 12.5. The van der Waals surface area contributed by atoms with Gasteiger partial charge in [0.1, 0.15) is 0 Å². The van der Waals surface area contributed by atoms with Gasteiger partial charge in [-0.25, -0.2) is 5.43 Å². The Bertz CT molecular complexity index is 693. The Morgan fingerprint density at radius 2 is 1.70 bits per heavy atom. The summed E-state index contributed by atoms with van der Waals surface area (Å²) in [6, 6.07) is 7.67. The second-order valence-electron chi connectivity index (χ2n) is 8.51. The van der Waals surface area contributed by atoms with Crippen molar-refractivity contribution in [1.82, 2.24) is 5.43 Å². The summed E-state index contributed by atoms with van der Waals surface area (Å²) in [5.74, 6) is 0.206. The van der Waals surface area contributed by atoms with E-state index in [9.17, 15) is 9.59 Å². The van der Waals surface area contributed by atoms with Gasteiger partial charge in [-0.05, 0) is 43.9 Å². The number of nitrogens with one attached hydrogen (secondary N) is 2. The Kier molecular flexibility index (Phi) is 11.2. The molecular formula is C25H39N3O2. The molecule has 166 valence electrons. The number of anilines is 1. The molecule has 0 radical (unpaired) electrons. The van der Waals surface area contributed by atoms with E-state index in [2.05, 4.69) is 22.8 Å². The first-order chi connectivity index (χ1) is 14.6. The molecule has 0 heterocycles. The zero-order valence-electron chi connectivity index (χ0n) is 18.8. The zero-order chi connectivity index (χ0) is 21.6. The van der Waals surface area contributed by atoms with Crippen LogP contribution in [0.2, 0.25) is 0 Å². The highest BCUT2D eigenvalue weighted by Gasteiger charge is 2.21. The molecule has 30 heavy (non-hydrogen) atoms. The largest absolute Gasteiger partial charge is 0.326 e. The van der Waals surface area contributed by atoms with Crippen LogP contribution in [-0.4, -0.2) is 17.5 Å². The third-order valence-electron chi connectivity index (χ3n) is 5.88. The number of hydrogen-bond donors (Lipinski definition) is 2. The molecular weight excluding hydrogens is 374 g/mol. The van der Waals surface area contributed by atoms with Gasteiger partial charge in [-0.15, -0.1) is 0 Å².